The van der Waals surface area contributed by atoms with Crippen molar-refractivity contribution in [3.05, 3.63) is 61.4 Å². The number of nitrogens with zero attached hydrogens (tertiary/aromatic N) is 2. The predicted octanol–water partition coefficient (Wildman–Crippen LogP) is 3.25. The van der Waals surface area contributed by atoms with Gasteiger partial charge in [-0.2, -0.15) is 0 Å². The third kappa shape index (κ3) is 4.76. The SMILES string of the molecule is CC(=O)c1c(C)[nH]c(C(=O)C(C)OC(=O)CCCn2c(=O)oc3cc([N+](=O)[O-])ccc32)c1C. The maximum absolute atomic E-state index is 12.7. The minimum Gasteiger partial charge on any atom is -0.454 e. The van der Waals surface area contributed by atoms with E-state index in [0.717, 1.165) is 6.07 Å². The molecule has 11 nitrogen and oxygen atoms in total. The van der Waals surface area contributed by atoms with E-state index in [1.54, 1.807) is 13.8 Å². The highest BCUT2D eigenvalue weighted by Crippen LogP contribution is 2.22. The first kappa shape index (κ1) is 23.6. The Labute approximate surface area is 187 Å². The highest BCUT2D eigenvalue weighted by Gasteiger charge is 2.26. The molecule has 3 aromatic rings. The van der Waals surface area contributed by atoms with Crippen molar-refractivity contribution in [3.8, 4) is 0 Å². The van der Waals surface area contributed by atoms with Crippen molar-refractivity contribution in [1.82, 2.24) is 9.55 Å². The second-order valence-electron chi connectivity index (χ2n) is 7.71. The number of oxazole rings is 1. The van der Waals surface area contributed by atoms with Crippen LogP contribution in [-0.4, -0.2) is 38.1 Å². The lowest BCUT2D eigenvalue weighted by Crippen LogP contribution is -2.25. The zero-order valence-corrected chi connectivity index (χ0v) is 18.6. The number of nitro benzene ring substituents is 1. The van der Waals surface area contributed by atoms with Crippen LogP contribution in [0.4, 0.5) is 5.69 Å². The summed E-state index contributed by atoms with van der Waals surface area (Å²) in [6.07, 6.45) is -0.905. The second kappa shape index (κ2) is 9.23. The van der Waals surface area contributed by atoms with E-state index in [4.69, 9.17) is 9.15 Å². The second-order valence-corrected chi connectivity index (χ2v) is 7.71. The van der Waals surface area contributed by atoms with Gasteiger partial charge in [-0.15, -0.1) is 0 Å². The van der Waals surface area contributed by atoms with Crippen molar-refractivity contribution in [2.75, 3.05) is 0 Å². The molecule has 2 heterocycles. The molecule has 1 aromatic carbocycles. The van der Waals surface area contributed by atoms with Crippen molar-refractivity contribution in [2.24, 2.45) is 0 Å². The summed E-state index contributed by atoms with van der Waals surface area (Å²) >= 11 is 0. The summed E-state index contributed by atoms with van der Waals surface area (Å²) in [6.45, 7) is 6.33. The van der Waals surface area contributed by atoms with Gasteiger partial charge in [0.25, 0.3) is 5.69 Å². The monoisotopic (exact) mass is 457 g/mol. The fourth-order valence-electron chi connectivity index (χ4n) is 3.80. The van der Waals surface area contributed by atoms with Gasteiger partial charge >= 0.3 is 11.7 Å². The molecule has 0 aliphatic heterocycles. The van der Waals surface area contributed by atoms with Gasteiger partial charge in [-0.3, -0.25) is 29.1 Å². The molecule has 0 saturated carbocycles. The number of nitrogens with one attached hydrogen (secondary N) is 1. The normalized spacial score (nSPS) is 12.0. The topological polar surface area (TPSA) is 155 Å². The fraction of sp³-hybridized carbons (Fsp3) is 0.364. The van der Waals surface area contributed by atoms with Crippen LogP contribution >= 0.6 is 0 Å². The standard InChI is InChI=1S/C22H23N3O8/c1-11-19(13(3)26)12(2)23-20(11)21(28)14(4)32-18(27)6-5-9-24-16-8-7-15(25(30)31)10-17(16)33-22(24)29/h7-8,10,14,23H,5-6,9H2,1-4H3. The van der Waals surface area contributed by atoms with Crippen molar-refractivity contribution in [1.29, 1.82) is 0 Å². The summed E-state index contributed by atoms with van der Waals surface area (Å²) < 4.78 is 11.6. The molecule has 0 amide bonds. The van der Waals surface area contributed by atoms with Crippen LogP contribution in [0.25, 0.3) is 11.1 Å². The van der Waals surface area contributed by atoms with E-state index in [0.29, 0.717) is 22.3 Å². The molecule has 0 aliphatic carbocycles. The zero-order valence-electron chi connectivity index (χ0n) is 18.6. The average Bonchev–Trinajstić information content (AvgIpc) is 3.21. The largest absolute Gasteiger partial charge is 0.454 e. The Balaban J connectivity index is 1.61. The molecule has 0 saturated heterocycles. The van der Waals surface area contributed by atoms with E-state index in [9.17, 15) is 29.3 Å². The first-order valence-corrected chi connectivity index (χ1v) is 10.2. The Morgan fingerprint density at radius 2 is 1.97 bits per heavy atom. The summed E-state index contributed by atoms with van der Waals surface area (Å²) in [7, 11) is 0. The van der Waals surface area contributed by atoms with E-state index >= 15 is 0 Å². The van der Waals surface area contributed by atoms with Gasteiger partial charge in [0.15, 0.2) is 17.5 Å². The molecule has 1 atom stereocenters. The highest BCUT2D eigenvalue weighted by atomic mass is 16.6. The number of fused-ring (bicyclic) bond motifs is 1. The lowest BCUT2D eigenvalue weighted by atomic mass is 10.0. The Morgan fingerprint density at radius 1 is 1.27 bits per heavy atom. The summed E-state index contributed by atoms with van der Waals surface area (Å²) in [6, 6.07) is 3.83. The number of Topliss-reactive ketones (excluding diaryl/α,β-unsaturated/α-hetero) is 2. The van der Waals surface area contributed by atoms with E-state index in [1.165, 1.54) is 30.5 Å². The van der Waals surface area contributed by atoms with E-state index in [-0.39, 0.29) is 42.1 Å². The number of aromatic nitrogens is 2. The van der Waals surface area contributed by atoms with E-state index < -0.39 is 28.5 Å². The number of carbonyl (C=O) groups excluding carboxylic acids is 3. The van der Waals surface area contributed by atoms with Crippen LogP contribution < -0.4 is 5.76 Å². The highest BCUT2D eigenvalue weighted by molar-refractivity contribution is 6.05. The number of rotatable bonds is 9. The number of benzene rings is 1. The molecule has 0 fully saturated rings. The van der Waals surface area contributed by atoms with Gasteiger partial charge in [0.1, 0.15) is 0 Å². The van der Waals surface area contributed by atoms with Gasteiger partial charge < -0.3 is 14.1 Å². The molecule has 1 unspecified atom stereocenters. The lowest BCUT2D eigenvalue weighted by Gasteiger charge is -2.12. The van der Waals surface area contributed by atoms with Gasteiger partial charge in [0, 0.05) is 30.3 Å². The van der Waals surface area contributed by atoms with Crippen LogP contribution in [0.5, 0.6) is 0 Å². The van der Waals surface area contributed by atoms with Crippen LogP contribution in [-0.2, 0) is 16.1 Å². The Bertz CT molecular complexity index is 1330. The minimum absolute atomic E-state index is 0.0643. The van der Waals surface area contributed by atoms with Crippen molar-refractivity contribution in [2.45, 2.75) is 53.2 Å². The van der Waals surface area contributed by atoms with Gasteiger partial charge in [-0.25, -0.2) is 4.79 Å². The Hall–Kier alpha value is -4.02. The Morgan fingerprint density at radius 3 is 2.58 bits per heavy atom. The van der Waals surface area contributed by atoms with E-state index in [1.807, 2.05) is 0 Å². The maximum Gasteiger partial charge on any atom is 0.419 e. The van der Waals surface area contributed by atoms with Crippen molar-refractivity contribution in [3.63, 3.8) is 0 Å². The smallest absolute Gasteiger partial charge is 0.419 e. The zero-order chi connectivity index (χ0) is 24.4. The fourth-order valence-corrected chi connectivity index (χ4v) is 3.80. The molecule has 174 valence electrons. The molecule has 0 aliphatic rings. The quantitative estimate of drug-likeness (QED) is 0.222. The number of ketones is 2. The number of esters is 1. The number of hydrogen-bond acceptors (Lipinski definition) is 8. The van der Waals surface area contributed by atoms with Crippen molar-refractivity contribution >= 4 is 34.3 Å². The van der Waals surface area contributed by atoms with Gasteiger partial charge in [-0.05, 0) is 45.7 Å². The summed E-state index contributed by atoms with van der Waals surface area (Å²) in [5.41, 5.74) is 2.01. The minimum atomic E-state index is -1.06. The van der Waals surface area contributed by atoms with Crippen LogP contribution in [0.2, 0.25) is 0 Å². The molecule has 0 bridgehead atoms. The number of aromatic amines is 1. The summed E-state index contributed by atoms with van der Waals surface area (Å²) in [5, 5.41) is 10.9. The van der Waals surface area contributed by atoms with Gasteiger partial charge in [0.05, 0.1) is 22.2 Å². The molecule has 33 heavy (non-hydrogen) atoms. The van der Waals surface area contributed by atoms with Crippen LogP contribution in [0, 0.1) is 24.0 Å². The third-order valence-electron chi connectivity index (χ3n) is 5.34. The third-order valence-corrected chi connectivity index (χ3v) is 5.34. The molecular weight excluding hydrogens is 434 g/mol. The van der Waals surface area contributed by atoms with Crippen LogP contribution in [0.1, 0.15) is 58.8 Å². The number of aryl methyl sites for hydroxylation is 2. The Kier molecular flexibility index (Phi) is 6.61. The molecule has 0 radical (unpaired) electrons. The molecule has 3 rings (SSSR count). The first-order valence-electron chi connectivity index (χ1n) is 10.2. The molecule has 11 heteroatoms. The lowest BCUT2D eigenvalue weighted by molar-refractivity contribution is -0.384. The summed E-state index contributed by atoms with van der Waals surface area (Å²) in [5.74, 6) is -1.93. The predicted molar refractivity (Wildman–Crippen MR) is 117 cm³/mol. The summed E-state index contributed by atoms with van der Waals surface area (Å²) in [4.78, 5) is 61.9. The van der Waals surface area contributed by atoms with Gasteiger partial charge in [-0.1, -0.05) is 0 Å². The maximum atomic E-state index is 12.7. The number of hydrogen-bond donors (Lipinski definition) is 1. The molecule has 1 N–H and O–H groups in total. The van der Waals surface area contributed by atoms with Crippen LogP contribution in [0.3, 0.4) is 0 Å². The van der Waals surface area contributed by atoms with Gasteiger partial charge in [0.2, 0.25) is 5.78 Å². The molecule has 2 aromatic heterocycles. The first-order chi connectivity index (χ1) is 15.5. The van der Waals surface area contributed by atoms with E-state index in [2.05, 4.69) is 4.98 Å². The molecule has 0 spiro atoms. The number of H-pyrrole nitrogens is 1. The van der Waals surface area contributed by atoms with Crippen LogP contribution in [0.15, 0.2) is 27.4 Å². The number of carbonyl (C=O) groups is 3. The number of non-ortho nitro benzene ring substituents is 1. The average molecular weight is 457 g/mol. The number of nitro groups is 1. The van der Waals surface area contributed by atoms with Crippen molar-refractivity contribution < 1.29 is 28.5 Å². The molecular formula is C22H23N3O8. The number of ether oxygens (including phenoxy) is 1.